The van der Waals surface area contributed by atoms with Crippen LogP contribution in [0.2, 0.25) is 0 Å². The van der Waals surface area contributed by atoms with Crippen LogP contribution in [0.3, 0.4) is 0 Å². The molecule has 3 heterocycles. The molecule has 0 bridgehead atoms. The van der Waals surface area contributed by atoms with E-state index in [0.29, 0.717) is 31.1 Å². The van der Waals surface area contributed by atoms with E-state index >= 15 is 0 Å². The van der Waals surface area contributed by atoms with Gasteiger partial charge in [-0.15, -0.1) is 11.3 Å². The zero-order valence-electron chi connectivity index (χ0n) is 14.6. The quantitative estimate of drug-likeness (QED) is 0.760. The van der Waals surface area contributed by atoms with Crippen LogP contribution in [0, 0.1) is 0 Å². The van der Waals surface area contributed by atoms with Gasteiger partial charge < -0.3 is 10.2 Å². The summed E-state index contributed by atoms with van der Waals surface area (Å²) >= 11 is 1.37. The Morgan fingerprint density at radius 1 is 1.07 bits per heavy atom. The van der Waals surface area contributed by atoms with Crippen molar-refractivity contribution in [1.29, 1.82) is 0 Å². The Kier molecular flexibility index (Phi) is 4.93. The van der Waals surface area contributed by atoms with Crippen molar-refractivity contribution >= 4 is 23.2 Å². The minimum atomic E-state index is -0.135. The van der Waals surface area contributed by atoms with Gasteiger partial charge in [0.2, 0.25) is 5.91 Å². The largest absolute Gasteiger partial charge is 0.354 e. The first-order valence-corrected chi connectivity index (χ1v) is 9.56. The van der Waals surface area contributed by atoms with Gasteiger partial charge in [0.1, 0.15) is 0 Å². The van der Waals surface area contributed by atoms with Crippen LogP contribution in [0.25, 0.3) is 21.7 Å². The lowest BCUT2D eigenvalue weighted by Gasteiger charge is -2.17. The molecule has 4 rings (SSSR count). The summed E-state index contributed by atoms with van der Waals surface area (Å²) in [4.78, 5) is 36.0. The van der Waals surface area contributed by atoms with Crippen LogP contribution in [0.4, 0.5) is 0 Å². The third-order valence-corrected chi connectivity index (χ3v) is 5.47. The van der Waals surface area contributed by atoms with E-state index < -0.39 is 0 Å². The van der Waals surface area contributed by atoms with E-state index in [-0.39, 0.29) is 11.8 Å². The van der Waals surface area contributed by atoms with Gasteiger partial charge in [-0.2, -0.15) is 0 Å². The maximum atomic E-state index is 13.0. The monoisotopic (exact) mass is 378 g/mol. The van der Waals surface area contributed by atoms with Crippen molar-refractivity contribution in [2.75, 3.05) is 19.6 Å². The normalized spacial score (nSPS) is 14.5. The lowest BCUT2D eigenvalue weighted by molar-refractivity contribution is -0.120. The molecule has 2 amide bonds. The predicted molar refractivity (Wildman–Crippen MR) is 104 cm³/mol. The van der Waals surface area contributed by atoms with E-state index in [0.717, 1.165) is 21.7 Å². The SMILES string of the molecule is O=C1CCN(C(=O)c2nc(-c3ccccc3)c(-c3cccnc3)s2)CCN1. The third kappa shape index (κ3) is 3.73. The fourth-order valence-electron chi connectivity index (χ4n) is 3.00. The van der Waals surface area contributed by atoms with Gasteiger partial charge >= 0.3 is 0 Å². The fraction of sp³-hybridized carbons (Fsp3) is 0.200. The number of hydrogen-bond acceptors (Lipinski definition) is 5. The lowest BCUT2D eigenvalue weighted by atomic mass is 10.1. The van der Waals surface area contributed by atoms with Crippen molar-refractivity contribution < 1.29 is 9.59 Å². The van der Waals surface area contributed by atoms with E-state index in [4.69, 9.17) is 0 Å². The highest BCUT2D eigenvalue weighted by Crippen LogP contribution is 2.36. The number of pyridine rings is 1. The van der Waals surface area contributed by atoms with Gasteiger partial charge in [-0.25, -0.2) is 4.98 Å². The molecule has 0 unspecified atom stereocenters. The molecule has 1 aliphatic heterocycles. The standard InChI is InChI=1S/C20H18N4O2S/c25-16-8-11-24(12-10-22-16)20(26)19-23-17(14-5-2-1-3-6-14)18(27-19)15-7-4-9-21-13-15/h1-7,9,13H,8,10-12H2,(H,22,25). The van der Waals surface area contributed by atoms with Crippen LogP contribution in [-0.4, -0.2) is 46.3 Å². The highest BCUT2D eigenvalue weighted by Gasteiger charge is 2.25. The second-order valence-corrected chi connectivity index (χ2v) is 7.20. The molecule has 6 nitrogen and oxygen atoms in total. The molecule has 1 saturated heterocycles. The Labute approximate surface area is 160 Å². The maximum Gasteiger partial charge on any atom is 0.282 e. The first kappa shape index (κ1) is 17.4. The Morgan fingerprint density at radius 2 is 1.89 bits per heavy atom. The zero-order chi connectivity index (χ0) is 18.6. The fourth-order valence-corrected chi connectivity index (χ4v) is 4.05. The van der Waals surface area contributed by atoms with Gasteiger partial charge in [-0.05, 0) is 6.07 Å². The molecule has 136 valence electrons. The average Bonchev–Trinajstić information content (AvgIpc) is 3.05. The average molecular weight is 378 g/mol. The molecular weight excluding hydrogens is 360 g/mol. The summed E-state index contributed by atoms with van der Waals surface area (Å²) in [5, 5.41) is 3.22. The lowest BCUT2D eigenvalue weighted by Crippen LogP contribution is -2.34. The van der Waals surface area contributed by atoms with E-state index in [1.54, 1.807) is 17.3 Å². The van der Waals surface area contributed by atoms with E-state index in [9.17, 15) is 9.59 Å². The van der Waals surface area contributed by atoms with Crippen LogP contribution in [0.5, 0.6) is 0 Å². The van der Waals surface area contributed by atoms with Gasteiger partial charge in [0, 0.05) is 49.6 Å². The van der Waals surface area contributed by atoms with E-state index in [1.807, 2.05) is 42.5 Å². The Bertz CT molecular complexity index is 900. The number of amides is 2. The van der Waals surface area contributed by atoms with Crippen LogP contribution >= 0.6 is 11.3 Å². The van der Waals surface area contributed by atoms with E-state index in [2.05, 4.69) is 15.3 Å². The second kappa shape index (κ2) is 7.67. The number of nitrogens with zero attached hydrogens (tertiary/aromatic N) is 3. The minimum absolute atomic E-state index is 0.0227. The number of carbonyl (C=O) groups excluding carboxylic acids is 2. The number of carbonyl (C=O) groups is 2. The molecule has 1 N–H and O–H groups in total. The summed E-state index contributed by atoms with van der Waals surface area (Å²) < 4.78 is 0. The summed E-state index contributed by atoms with van der Waals surface area (Å²) in [5.74, 6) is -0.158. The first-order chi connectivity index (χ1) is 13.2. The van der Waals surface area contributed by atoms with Gasteiger partial charge in [0.15, 0.2) is 5.01 Å². The van der Waals surface area contributed by atoms with Crippen LogP contribution in [-0.2, 0) is 4.79 Å². The number of thiazole rings is 1. The Hall–Kier alpha value is -3.06. The summed E-state index contributed by atoms with van der Waals surface area (Å²) in [6.45, 7) is 1.37. The number of nitrogens with one attached hydrogen (secondary N) is 1. The molecule has 1 fully saturated rings. The second-order valence-electron chi connectivity index (χ2n) is 6.20. The van der Waals surface area contributed by atoms with Crippen molar-refractivity contribution in [3.63, 3.8) is 0 Å². The molecule has 27 heavy (non-hydrogen) atoms. The molecule has 1 aromatic carbocycles. The zero-order valence-corrected chi connectivity index (χ0v) is 15.4. The molecule has 2 aromatic heterocycles. The van der Waals surface area contributed by atoms with Gasteiger partial charge in [-0.1, -0.05) is 36.4 Å². The van der Waals surface area contributed by atoms with Gasteiger partial charge in [0.25, 0.3) is 5.91 Å². The van der Waals surface area contributed by atoms with Crippen LogP contribution in [0.1, 0.15) is 16.2 Å². The molecule has 0 atom stereocenters. The minimum Gasteiger partial charge on any atom is -0.354 e. The summed E-state index contributed by atoms with van der Waals surface area (Å²) in [6, 6.07) is 13.7. The number of benzene rings is 1. The highest BCUT2D eigenvalue weighted by molar-refractivity contribution is 7.17. The van der Waals surface area contributed by atoms with E-state index in [1.165, 1.54) is 11.3 Å². The molecule has 0 saturated carbocycles. The summed E-state index contributed by atoms with van der Waals surface area (Å²) in [6.07, 6.45) is 3.82. The third-order valence-electron chi connectivity index (χ3n) is 4.38. The Balaban J connectivity index is 1.73. The molecule has 7 heteroatoms. The highest BCUT2D eigenvalue weighted by atomic mass is 32.1. The molecule has 0 spiro atoms. The molecule has 3 aromatic rings. The van der Waals surface area contributed by atoms with Crippen LogP contribution < -0.4 is 5.32 Å². The van der Waals surface area contributed by atoms with Crippen molar-refractivity contribution in [3.05, 3.63) is 59.9 Å². The first-order valence-electron chi connectivity index (χ1n) is 8.75. The van der Waals surface area contributed by atoms with Crippen molar-refractivity contribution in [2.45, 2.75) is 6.42 Å². The number of rotatable bonds is 3. The maximum absolute atomic E-state index is 13.0. The van der Waals surface area contributed by atoms with Crippen molar-refractivity contribution in [3.8, 4) is 21.7 Å². The Morgan fingerprint density at radius 3 is 2.67 bits per heavy atom. The molecule has 0 aliphatic carbocycles. The smallest absolute Gasteiger partial charge is 0.282 e. The van der Waals surface area contributed by atoms with Crippen molar-refractivity contribution in [2.24, 2.45) is 0 Å². The number of hydrogen-bond donors (Lipinski definition) is 1. The molecule has 0 radical (unpaired) electrons. The number of aromatic nitrogens is 2. The van der Waals surface area contributed by atoms with Crippen LogP contribution in [0.15, 0.2) is 54.9 Å². The van der Waals surface area contributed by atoms with Gasteiger partial charge in [0.05, 0.1) is 10.6 Å². The summed E-state index contributed by atoms with van der Waals surface area (Å²) in [7, 11) is 0. The van der Waals surface area contributed by atoms with Gasteiger partial charge in [-0.3, -0.25) is 14.6 Å². The molecule has 1 aliphatic rings. The topological polar surface area (TPSA) is 75.2 Å². The predicted octanol–water partition coefficient (Wildman–Crippen LogP) is 2.83. The van der Waals surface area contributed by atoms with Crippen molar-refractivity contribution in [1.82, 2.24) is 20.2 Å². The summed E-state index contributed by atoms with van der Waals surface area (Å²) in [5.41, 5.74) is 2.67. The molecular formula is C20H18N4O2S.